The number of unbranched alkanes of at least 4 members (excludes halogenated alkanes) is 1. The highest BCUT2D eigenvalue weighted by Gasteiger charge is 2.44. The maximum Gasteiger partial charge on any atom is 0.409 e. The number of hydrogen-bond donors (Lipinski definition) is 3. The molecule has 3 rings (SSSR count). The molecule has 11 nitrogen and oxygen atoms in total. The van der Waals surface area contributed by atoms with Crippen LogP contribution in [0.5, 0.6) is 0 Å². The molecule has 0 spiro atoms. The summed E-state index contributed by atoms with van der Waals surface area (Å²) in [4.78, 5) is 67.9. The summed E-state index contributed by atoms with van der Waals surface area (Å²) < 4.78 is 5.04. The minimum absolute atomic E-state index is 0.0160. The van der Waals surface area contributed by atoms with Crippen LogP contribution in [0, 0.1) is 0 Å². The maximum absolute atomic E-state index is 13.7. The normalized spacial score (nSPS) is 20.4. The number of carbonyl (C=O) groups excluding carboxylic acids is 5. The number of ketones is 1. The average Bonchev–Trinajstić information content (AvgIpc) is 3.44. The lowest BCUT2D eigenvalue weighted by atomic mass is 9.80. The summed E-state index contributed by atoms with van der Waals surface area (Å²) in [6.07, 6.45) is 8.76. The van der Waals surface area contributed by atoms with Gasteiger partial charge in [-0.3, -0.25) is 14.4 Å². The number of amides is 5. The van der Waals surface area contributed by atoms with Gasteiger partial charge in [-0.25, -0.2) is 9.59 Å². The molecular formula is C27H45N5O6. The molecule has 1 heterocycles. The Balaban J connectivity index is 1.65. The summed E-state index contributed by atoms with van der Waals surface area (Å²) in [7, 11) is 0. The van der Waals surface area contributed by atoms with E-state index in [0.29, 0.717) is 58.5 Å². The van der Waals surface area contributed by atoms with Crippen molar-refractivity contribution in [1.29, 1.82) is 0 Å². The summed E-state index contributed by atoms with van der Waals surface area (Å²) in [5.41, 5.74) is -1.14. The van der Waals surface area contributed by atoms with E-state index in [0.717, 1.165) is 51.4 Å². The molecule has 0 aromatic rings. The number of nitrogens with zero attached hydrogens (tertiary/aromatic N) is 2. The third-order valence-electron chi connectivity index (χ3n) is 7.96. The van der Waals surface area contributed by atoms with Gasteiger partial charge >= 0.3 is 12.1 Å². The van der Waals surface area contributed by atoms with Gasteiger partial charge in [-0.2, -0.15) is 0 Å². The molecule has 0 aromatic carbocycles. The van der Waals surface area contributed by atoms with Crippen LogP contribution in [-0.2, 0) is 19.1 Å². The standard InChI is InChI=1S/C27H45N5O6/c1-3-5-13-21(22(33)23(34)28-20-11-7-8-12-20)29-24(35)27(14-9-6-10-15-27)30-25(36)31-16-18-32(19-17-31)26(37)38-4-2/h20-21H,3-19H2,1-2H3,(H,28,34)(H,29,35)(H,30,36)/t21-/m0/s1. The second-order valence-corrected chi connectivity index (χ2v) is 10.7. The Morgan fingerprint density at radius 1 is 0.895 bits per heavy atom. The fourth-order valence-corrected chi connectivity index (χ4v) is 5.61. The molecular weight excluding hydrogens is 490 g/mol. The lowest BCUT2D eigenvalue weighted by molar-refractivity contribution is -0.141. The van der Waals surface area contributed by atoms with Gasteiger partial charge in [-0.1, -0.05) is 51.9 Å². The predicted octanol–water partition coefficient (Wildman–Crippen LogP) is 2.48. The Morgan fingerprint density at radius 2 is 1.53 bits per heavy atom. The van der Waals surface area contributed by atoms with E-state index < -0.39 is 35.3 Å². The molecule has 0 radical (unpaired) electrons. The molecule has 5 amide bonds. The van der Waals surface area contributed by atoms with Crippen molar-refractivity contribution in [3.8, 4) is 0 Å². The smallest absolute Gasteiger partial charge is 0.409 e. The molecule has 0 bridgehead atoms. The first kappa shape index (κ1) is 29.7. The minimum Gasteiger partial charge on any atom is -0.450 e. The van der Waals surface area contributed by atoms with E-state index in [2.05, 4.69) is 16.0 Å². The summed E-state index contributed by atoms with van der Waals surface area (Å²) in [6, 6.07) is -1.27. The quantitative estimate of drug-likeness (QED) is 0.368. The number of rotatable bonds is 10. The molecule has 3 fully saturated rings. The molecule has 214 valence electrons. The van der Waals surface area contributed by atoms with Crippen molar-refractivity contribution in [2.75, 3.05) is 32.8 Å². The molecule has 1 saturated heterocycles. The van der Waals surface area contributed by atoms with Crippen LogP contribution in [0.2, 0.25) is 0 Å². The molecule has 3 N–H and O–H groups in total. The number of ether oxygens (including phenoxy) is 1. The molecule has 3 aliphatic rings. The van der Waals surface area contributed by atoms with Crippen molar-refractivity contribution in [1.82, 2.24) is 25.8 Å². The highest BCUT2D eigenvalue weighted by atomic mass is 16.6. The molecule has 0 aromatic heterocycles. The third kappa shape index (κ3) is 7.83. The monoisotopic (exact) mass is 535 g/mol. The Bertz CT molecular complexity index is 845. The summed E-state index contributed by atoms with van der Waals surface area (Å²) >= 11 is 0. The van der Waals surface area contributed by atoms with Gasteiger partial charge in [0.05, 0.1) is 12.6 Å². The predicted molar refractivity (Wildman–Crippen MR) is 141 cm³/mol. The number of piperazine rings is 1. The van der Waals surface area contributed by atoms with E-state index in [9.17, 15) is 24.0 Å². The van der Waals surface area contributed by atoms with Gasteiger partial charge < -0.3 is 30.5 Å². The van der Waals surface area contributed by atoms with Gasteiger partial charge in [0, 0.05) is 32.2 Å². The number of Topliss-reactive ketones (excluding diaryl/α,β-unsaturated/α-hetero) is 1. The van der Waals surface area contributed by atoms with Crippen molar-refractivity contribution in [2.45, 2.75) is 109 Å². The van der Waals surface area contributed by atoms with Crippen molar-refractivity contribution < 1.29 is 28.7 Å². The van der Waals surface area contributed by atoms with Crippen LogP contribution in [0.4, 0.5) is 9.59 Å². The summed E-state index contributed by atoms with van der Waals surface area (Å²) in [6.45, 7) is 5.42. The highest BCUT2D eigenvalue weighted by Crippen LogP contribution is 2.29. The number of nitrogens with one attached hydrogen (secondary N) is 3. The average molecular weight is 536 g/mol. The first-order valence-corrected chi connectivity index (χ1v) is 14.4. The van der Waals surface area contributed by atoms with E-state index in [4.69, 9.17) is 4.74 Å². The largest absolute Gasteiger partial charge is 0.450 e. The van der Waals surface area contributed by atoms with Gasteiger partial charge in [0.15, 0.2) is 0 Å². The molecule has 38 heavy (non-hydrogen) atoms. The van der Waals surface area contributed by atoms with Crippen LogP contribution in [0.25, 0.3) is 0 Å². The first-order chi connectivity index (χ1) is 18.3. The van der Waals surface area contributed by atoms with Crippen LogP contribution >= 0.6 is 0 Å². The SMILES string of the molecule is CCCC[C@H](NC(=O)C1(NC(=O)N2CCN(C(=O)OCC)CC2)CCCCC1)C(=O)C(=O)NC1CCCC1. The highest BCUT2D eigenvalue weighted by molar-refractivity contribution is 6.38. The zero-order valence-electron chi connectivity index (χ0n) is 23.0. The van der Waals surface area contributed by atoms with Crippen LogP contribution in [0.1, 0.15) is 90.9 Å². The van der Waals surface area contributed by atoms with Gasteiger partial charge in [0.25, 0.3) is 5.91 Å². The topological polar surface area (TPSA) is 137 Å². The van der Waals surface area contributed by atoms with Gasteiger partial charge in [0.1, 0.15) is 5.54 Å². The lowest BCUT2D eigenvalue weighted by Crippen LogP contribution is -2.65. The molecule has 11 heteroatoms. The van der Waals surface area contributed by atoms with Gasteiger partial charge in [-0.15, -0.1) is 0 Å². The maximum atomic E-state index is 13.7. The second kappa shape index (κ2) is 14.3. The Hall–Kier alpha value is -2.85. The summed E-state index contributed by atoms with van der Waals surface area (Å²) in [5.74, 6) is -1.66. The minimum atomic E-state index is -1.14. The molecule has 0 unspecified atom stereocenters. The lowest BCUT2D eigenvalue weighted by Gasteiger charge is -2.40. The second-order valence-electron chi connectivity index (χ2n) is 10.7. The Kier molecular flexibility index (Phi) is 11.2. The van der Waals surface area contributed by atoms with E-state index in [1.807, 2.05) is 6.92 Å². The fourth-order valence-electron chi connectivity index (χ4n) is 5.61. The van der Waals surface area contributed by atoms with Crippen LogP contribution in [0.3, 0.4) is 0 Å². The molecule has 1 aliphatic heterocycles. The van der Waals surface area contributed by atoms with Crippen LogP contribution in [-0.4, -0.2) is 89.9 Å². The Labute approximate surface area is 225 Å². The van der Waals surface area contributed by atoms with Gasteiger partial charge in [-0.05, 0) is 39.0 Å². The van der Waals surface area contributed by atoms with Crippen LogP contribution < -0.4 is 16.0 Å². The van der Waals surface area contributed by atoms with Crippen LogP contribution in [0.15, 0.2) is 0 Å². The number of carbonyl (C=O) groups is 5. The van der Waals surface area contributed by atoms with E-state index in [-0.39, 0.29) is 12.1 Å². The summed E-state index contributed by atoms with van der Waals surface area (Å²) in [5, 5.41) is 8.69. The fraction of sp³-hybridized carbons (Fsp3) is 0.815. The molecule has 2 aliphatic carbocycles. The van der Waals surface area contributed by atoms with Crippen molar-refractivity contribution in [3.05, 3.63) is 0 Å². The third-order valence-corrected chi connectivity index (χ3v) is 7.96. The number of hydrogen-bond acceptors (Lipinski definition) is 6. The first-order valence-electron chi connectivity index (χ1n) is 14.4. The van der Waals surface area contributed by atoms with Crippen molar-refractivity contribution >= 4 is 29.7 Å². The number of urea groups is 1. The Morgan fingerprint density at radius 3 is 2.13 bits per heavy atom. The van der Waals surface area contributed by atoms with Crippen molar-refractivity contribution in [3.63, 3.8) is 0 Å². The molecule has 2 saturated carbocycles. The van der Waals surface area contributed by atoms with E-state index in [1.54, 1.807) is 16.7 Å². The zero-order valence-corrected chi connectivity index (χ0v) is 23.0. The van der Waals surface area contributed by atoms with E-state index in [1.165, 1.54) is 0 Å². The van der Waals surface area contributed by atoms with Crippen molar-refractivity contribution in [2.24, 2.45) is 0 Å². The van der Waals surface area contributed by atoms with Gasteiger partial charge in [0.2, 0.25) is 11.7 Å². The van der Waals surface area contributed by atoms with E-state index >= 15 is 0 Å². The zero-order chi connectivity index (χ0) is 27.5. The molecule has 1 atom stereocenters.